The van der Waals surface area contributed by atoms with Crippen molar-refractivity contribution in [3.05, 3.63) is 48.5 Å². The van der Waals surface area contributed by atoms with Crippen molar-refractivity contribution in [2.75, 3.05) is 21.3 Å². The lowest BCUT2D eigenvalue weighted by molar-refractivity contribution is 0.320. The average Bonchev–Trinajstić information content (AvgIpc) is 2.69. The molecule has 0 radical (unpaired) electrons. The van der Waals surface area contributed by atoms with Gasteiger partial charge in [-0.3, -0.25) is 0 Å². The number of rotatable bonds is 7. The van der Waals surface area contributed by atoms with Gasteiger partial charge in [0, 0.05) is 0 Å². The lowest BCUT2D eigenvalue weighted by Crippen LogP contribution is -2.01. The molecule has 0 aliphatic heterocycles. The summed E-state index contributed by atoms with van der Waals surface area (Å²) in [6.07, 6.45) is 0. The summed E-state index contributed by atoms with van der Waals surface area (Å²) in [5, 5.41) is 0. The molecule has 0 aliphatic rings. The Labute approximate surface area is 150 Å². The van der Waals surface area contributed by atoms with Gasteiger partial charge in [-0.15, -0.1) is 15.0 Å². The fourth-order valence-corrected chi connectivity index (χ4v) is 2.01. The van der Waals surface area contributed by atoms with E-state index in [1.807, 2.05) is 24.3 Å². The predicted molar refractivity (Wildman–Crippen MR) is 92.5 cm³/mol. The van der Waals surface area contributed by atoms with Gasteiger partial charge in [0.2, 0.25) is 0 Å². The predicted octanol–water partition coefficient (Wildman–Crippen LogP) is 3.48. The molecule has 3 rings (SSSR count). The molecule has 1 aromatic heterocycles. The van der Waals surface area contributed by atoms with Gasteiger partial charge in [0.15, 0.2) is 0 Å². The van der Waals surface area contributed by atoms with Gasteiger partial charge >= 0.3 is 18.0 Å². The normalized spacial score (nSPS) is 10.1. The first-order valence-corrected chi connectivity index (χ1v) is 7.64. The van der Waals surface area contributed by atoms with E-state index in [1.165, 1.54) is 14.2 Å². The molecule has 0 atom stereocenters. The zero-order valence-corrected chi connectivity index (χ0v) is 14.5. The molecule has 0 amide bonds. The third-order valence-electron chi connectivity index (χ3n) is 3.27. The minimum Gasteiger partial charge on any atom is -0.497 e. The fourth-order valence-electron chi connectivity index (χ4n) is 2.01. The van der Waals surface area contributed by atoms with Crippen LogP contribution in [0.15, 0.2) is 48.5 Å². The van der Waals surface area contributed by atoms with E-state index in [2.05, 4.69) is 15.0 Å². The molecule has 3 aromatic rings. The summed E-state index contributed by atoms with van der Waals surface area (Å²) < 4.78 is 26.5. The fraction of sp³-hybridized carbons (Fsp3) is 0.167. The summed E-state index contributed by atoms with van der Waals surface area (Å²) in [6.45, 7) is 0. The Hall–Kier alpha value is -3.55. The van der Waals surface area contributed by atoms with E-state index in [4.69, 9.17) is 23.7 Å². The van der Waals surface area contributed by atoms with Crippen LogP contribution in [-0.4, -0.2) is 36.3 Å². The molecule has 0 saturated heterocycles. The second-order valence-corrected chi connectivity index (χ2v) is 4.94. The molecule has 0 fully saturated rings. The molecule has 0 N–H and O–H groups in total. The molecule has 2 aromatic carbocycles. The molecule has 134 valence electrons. The van der Waals surface area contributed by atoms with Gasteiger partial charge in [-0.05, 0) is 48.5 Å². The Morgan fingerprint density at radius 2 is 0.846 bits per heavy atom. The third kappa shape index (κ3) is 4.29. The van der Waals surface area contributed by atoms with Crippen molar-refractivity contribution < 1.29 is 23.7 Å². The van der Waals surface area contributed by atoms with E-state index in [0.29, 0.717) is 17.2 Å². The van der Waals surface area contributed by atoms with Crippen molar-refractivity contribution in [3.63, 3.8) is 0 Å². The van der Waals surface area contributed by atoms with Gasteiger partial charge < -0.3 is 23.7 Å². The first-order valence-electron chi connectivity index (χ1n) is 7.64. The molecule has 0 saturated carbocycles. The van der Waals surface area contributed by atoms with Crippen LogP contribution in [-0.2, 0) is 0 Å². The smallest absolute Gasteiger partial charge is 0.331 e. The van der Waals surface area contributed by atoms with Crippen molar-refractivity contribution >= 4 is 0 Å². The Balaban J connectivity index is 1.69. The molecule has 0 bridgehead atoms. The first-order chi connectivity index (χ1) is 12.7. The summed E-state index contributed by atoms with van der Waals surface area (Å²) in [5.74, 6) is 2.66. The van der Waals surface area contributed by atoms with Crippen LogP contribution in [0.1, 0.15) is 0 Å². The van der Waals surface area contributed by atoms with Crippen LogP contribution in [0.4, 0.5) is 0 Å². The number of methoxy groups -OCH3 is 3. The highest BCUT2D eigenvalue weighted by atomic mass is 16.5. The molecule has 0 unspecified atom stereocenters. The van der Waals surface area contributed by atoms with Crippen molar-refractivity contribution in [2.45, 2.75) is 0 Å². The number of aromatic nitrogens is 3. The van der Waals surface area contributed by atoms with Crippen LogP contribution in [0.5, 0.6) is 41.0 Å². The molecular formula is C18H17N3O5. The highest BCUT2D eigenvalue weighted by Crippen LogP contribution is 2.27. The number of ether oxygens (including phenoxy) is 5. The molecule has 1 heterocycles. The SMILES string of the molecule is COc1ccc(Oc2ccc(Oc3nc(OC)nc(OC)n3)cc2)cc1. The first kappa shape index (κ1) is 17.3. The molecule has 8 heteroatoms. The van der Waals surface area contributed by atoms with E-state index in [9.17, 15) is 0 Å². The summed E-state index contributed by atoms with van der Waals surface area (Å²) in [5.41, 5.74) is 0. The van der Waals surface area contributed by atoms with Crippen molar-refractivity contribution in [1.29, 1.82) is 0 Å². The van der Waals surface area contributed by atoms with Gasteiger partial charge in [0.25, 0.3) is 0 Å². The lowest BCUT2D eigenvalue weighted by Gasteiger charge is -2.09. The van der Waals surface area contributed by atoms with E-state index in [0.717, 1.165) is 5.75 Å². The minimum atomic E-state index is 0.0672. The van der Waals surface area contributed by atoms with Gasteiger partial charge in [0.1, 0.15) is 23.0 Å². The Kier molecular flexibility index (Phi) is 5.33. The second-order valence-electron chi connectivity index (χ2n) is 4.94. The number of benzene rings is 2. The number of hydrogen-bond acceptors (Lipinski definition) is 8. The molecule has 8 nitrogen and oxygen atoms in total. The maximum absolute atomic E-state index is 5.76. The molecule has 26 heavy (non-hydrogen) atoms. The molecule has 0 aliphatic carbocycles. The summed E-state index contributed by atoms with van der Waals surface area (Å²) in [4.78, 5) is 11.9. The monoisotopic (exact) mass is 355 g/mol. The van der Waals surface area contributed by atoms with Gasteiger partial charge in [0.05, 0.1) is 21.3 Å². The summed E-state index contributed by atoms with van der Waals surface area (Å²) in [6, 6.07) is 14.6. The minimum absolute atomic E-state index is 0.0672. The summed E-state index contributed by atoms with van der Waals surface area (Å²) >= 11 is 0. The topological polar surface area (TPSA) is 84.8 Å². The van der Waals surface area contributed by atoms with Crippen molar-refractivity contribution in [2.24, 2.45) is 0 Å². The maximum Gasteiger partial charge on any atom is 0.331 e. The van der Waals surface area contributed by atoms with E-state index >= 15 is 0 Å². The van der Waals surface area contributed by atoms with Gasteiger partial charge in [-0.2, -0.15) is 0 Å². The highest BCUT2D eigenvalue weighted by molar-refractivity contribution is 5.38. The van der Waals surface area contributed by atoms with Crippen LogP contribution < -0.4 is 23.7 Å². The van der Waals surface area contributed by atoms with E-state index in [-0.39, 0.29) is 18.0 Å². The van der Waals surface area contributed by atoms with Crippen molar-refractivity contribution in [1.82, 2.24) is 15.0 Å². The maximum atomic E-state index is 5.76. The van der Waals surface area contributed by atoms with Gasteiger partial charge in [-0.1, -0.05) is 0 Å². The third-order valence-corrected chi connectivity index (χ3v) is 3.27. The van der Waals surface area contributed by atoms with Crippen LogP contribution >= 0.6 is 0 Å². The summed E-state index contributed by atoms with van der Waals surface area (Å²) in [7, 11) is 4.51. The van der Waals surface area contributed by atoms with Crippen molar-refractivity contribution in [3.8, 4) is 41.0 Å². The Morgan fingerprint density at radius 3 is 1.27 bits per heavy atom. The standard InChI is InChI=1S/C18H17N3O5/c1-22-12-4-6-13(7-5-12)25-14-8-10-15(11-9-14)26-18-20-16(23-2)19-17(21-18)24-3/h4-11H,1-3H3. The van der Waals surface area contributed by atoms with Crippen LogP contribution in [0.25, 0.3) is 0 Å². The van der Waals surface area contributed by atoms with Crippen LogP contribution in [0.3, 0.4) is 0 Å². The second kappa shape index (κ2) is 8.02. The quantitative estimate of drug-likeness (QED) is 0.637. The number of hydrogen-bond donors (Lipinski definition) is 0. The highest BCUT2D eigenvalue weighted by Gasteiger charge is 2.09. The Morgan fingerprint density at radius 1 is 0.462 bits per heavy atom. The van der Waals surface area contributed by atoms with Gasteiger partial charge in [-0.25, -0.2) is 0 Å². The molecular weight excluding hydrogens is 338 g/mol. The molecule has 0 spiro atoms. The lowest BCUT2D eigenvalue weighted by atomic mass is 10.3. The number of nitrogens with zero attached hydrogens (tertiary/aromatic N) is 3. The van der Waals surface area contributed by atoms with E-state index in [1.54, 1.807) is 31.4 Å². The average molecular weight is 355 g/mol. The zero-order chi connectivity index (χ0) is 18.4. The largest absolute Gasteiger partial charge is 0.497 e. The van der Waals surface area contributed by atoms with E-state index < -0.39 is 0 Å². The van der Waals surface area contributed by atoms with Crippen LogP contribution in [0.2, 0.25) is 0 Å². The van der Waals surface area contributed by atoms with Crippen LogP contribution in [0, 0.1) is 0 Å². The Bertz CT molecular complexity index is 831. The zero-order valence-electron chi connectivity index (χ0n) is 14.5.